The number of rotatable bonds is 8. The number of fused-ring (bicyclic) bond motifs is 1. The van der Waals surface area contributed by atoms with Crippen LogP contribution in [-0.4, -0.2) is 39.5 Å². The molecule has 1 unspecified atom stereocenters. The van der Waals surface area contributed by atoms with Gasteiger partial charge in [-0.25, -0.2) is 4.79 Å². The predicted molar refractivity (Wildman–Crippen MR) is 135 cm³/mol. The topological polar surface area (TPSA) is 86.1 Å². The minimum absolute atomic E-state index is 0.177. The number of nitrogens with one attached hydrogen (secondary N) is 1. The van der Waals surface area contributed by atoms with Gasteiger partial charge in [0, 0.05) is 27.7 Å². The molecule has 3 aromatic heterocycles. The van der Waals surface area contributed by atoms with Crippen LogP contribution in [0.25, 0.3) is 11.4 Å². The van der Waals surface area contributed by atoms with Crippen molar-refractivity contribution in [1.29, 1.82) is 0 Å². The highest BCUT2D eigenvalue weighted by atomic mass is 32.2. The number of thiophene rings is 2. The quantitative estimate of drug-likeness (QED) is 0.335. The Bertz CT molecular complexity index is 1160. The third kappa shape index (κ3) is 5.17. The molecule has 0 aliphatic heterocycles. The number of amides is 1. The van der Waals surface area contributed by atoms with Gasteiger partial charge in [-0.1, -0.05) is 32.0 Å². The molecule has 0 saturated heterocycles. The molecular weight excluding hydrogens is 476 g/mol. The van der Waals surface area contributed by atoms with E-state index in [9.17, 15) is 9.59 Å². The first-order chi connectivity index (χ1) is 15.9. The van der Waals surface area contributed by atoms with E-state index in [4.69, 9.17) is 4.74 Å². The average molecular weight is 505 g/mol. The van der Waals surface area contributed by atoms with E-state index in [1.165, 1.54) is 40.0 Å². The van der Waals surface area contributed by atoms with Crippen molar-refractivity contribution in [1.82, 2.24) is 14.8 Å². The van der Waals surface area contributed by atoms with Crippen LogP contribution < -0.4 is 5.32 Å². The van der Waals surface area contributed by atoms with Gasteiger partial charge in [0.25, 0.3) is 0 Å². The van der Waals surface area contributed by atoms with E-state index in [2.05, 4.69) is 40.8 Å². The number of methoxy groups -OCH3 is 1. The molecule has 10 heteroatoms. The van der Waals surface area contributed by atoms with E-state index in [1.807, 2.05) is 11.6 Å². The highest BCUT2D eigenvalue weighted by Gasteiger charge is 2.29. The summed E-state index contributed by atoms with van der Waals surface area (Å²) in [5.74, 6) is 0.982. The number of nitrogens with zero attached hydrogens (tertiary/aromatic N) is 3. The fourth-order valence-corrected chi connectivity index (χ4v) is 7.11. The van der Waals surface area contributed by atoms with Crippen molar-refractivity contribution >= 4 is 51.3 Å². The SMILES string of the molecule is CCCc1cc(-c2nnc(SCC(=O)Nc3sc4c(c3C(=O)OC)CCC(C)C4)n2C)cs1. The van der Waals surface area contributed by atoms with E-state index in [1.54, 1.807) is 11.3 Å². The summed E-state index contributed by atoms with van der Waals surface area (Å²) in [4.78, 5) is 27.7. The van der Waals surface area contributed by atoms with E-state index >= 15 is 0 Å². The molecule has 0 radical (unpaired) electrons. The Hall–Kier alpha value is -2.17. The average Bonchev–Trinajstić information content (AvgIpc) is 3.48. The van der Waals surface area contributed by atoms with Crippen LogP contribution in [0.1, 0.15) is 52.4 Å². The van der Waals surface area contributed by atoms with Gasteiger partial charge in [-0.05, 0) is 43.2 Å². The van der Waals surface area contributed by atoms with Gasteiger partial charge in [0.15, 0.2) is 11.0 Å². The first-order valence-electron chi connectivity index (χ1n) is 11.0. The van der Waals surface area contributed by atoms with Crippen LogP contribution in [0.4, 0.5) is 5.00 Å². The molecule has 0 aromatic carbocycles. The maximum Gasteiger partial charge on any atom is 0.341 e. The molecule has 7 nitrogen and oxygen atoms in total. The molecule has 0 spiro atoms. The molecule has 4 rings (SSSR count). The maximum atomic E-state index is 12.8. The zero-order valence-corrected chi connectivity index (χ0v) is 21.7. The summed E-state index contributed by atoms with van der Waals surface area (Å²) in [6.07, 6.45) is 4.97. The summed E-state index contributed by atoms with van der Waals surface area (Å²) >= 11 is 4.56. The molecule has 33 heavy (non-hydrogen) atoms. The Balaban J connectivity index is 1.44. The summed E-state index contributed by atoms with van der Waals surface area (Å²) in [5, 5.41) is 14.9. The van der Waals surface area contributed by atoms with Gasteiger partial charge in [-0.2, -0.15) is 0 Å². The summed E-state index contributed by atoms with van der Waals surface area (Å²) in [6, 6.07) is 2.16. The van der Waals surface area contributed by atoms with E-state index in [-0.39, 0.29) is 17.6 Å². The summed E-state index contributed by atoms with van der Waals surface area (Å²) in [6.45, 7) is 4.38. The lowest BCUT2D eigenvalue weighted by atomic mass is 9.88. The van der Waals surface area contributed by atoms with Crippen molar-refractivity contribution in [2.45, 2.75) is 51.1 Å². The number of aryl methyl sites for hydroxylation is 1. The molecule has 1 aliphatic rings. The number of esters is 1. The van der Waals surface area contributed by atoms with Gasteiger partial charge in [0.1, 0.15) is 5.00 Å². The molecule has 1 amide bonds. The van der Waals surface area contributed by atoms with Crippen LogP contribution in [0, 0.1) is 5.92 Å². The second kappa shape index (κ2) is 10.4. The van der Waals surface area contributed by atoms with Crippen molar-refractivity contribution in [2.24, 2.45) is 13.0 Å². The molecule has 1 N–H and O–H groups in total. The number of anilines is 1. The Labute approximate surface area is 206 Å². The van der Waals surface area contributed by atoms with Gasteiger partial charge in [0.05, 0.1) is 18.4 Å². The molecular formula is C23H28N4O3S3. The molecule has 1 atom stereocenters. The van der Waals surface area contributed by atoms with Gasteiger partial charge in [-0.15, -0.1) is 32.9 Å². The molecule has 0 saturated carbocycles. The van der Waals surface area contributed by atoms with Crippen molar-refractivity contribution < 1.29 is 14.3 Å². The van der Waals surface area contributed by atoms with Crippen LogP contribution in [0.15, 0.2) is 16.6 Å². The summed E-state index contributed by atoms with van der Waals surface area (Å²) < 4.78 is 6.92. The third-order valence-corrected chi connectivity index (χ3v) is 8.92. The highest BCUT2D eigenvalue weighted by Crippen LogP contribution is 2.40. The number of aromatic nitrogens is 3. The minimum Gasteiger partial charge on any atom is -0.465 e. The first-order valence-corrected chi connectivity index (χ1v) is 13.7. The molecule has 3 aromatic rings. The predicted octanol–water partition coefficient (Wildman–Crippen LogP) is 5.20. The van der Waals surface area contributed by atoms with E-state index in [0.717, 1.165) is 49.1 Å². The number of thioether (sulfide) groups is 1. The number of hydrogen-bond acceptors (Lipinski definition) is 8. The molecule has 3 heterocycles. The Morgan fingerprint density at radius 2 is 2.18 bits per heavy atom. The minimum atomic E-state index is -0.388. The van der Waals surface area contributed by atoms with Gasteiger partial charge in [-0.3, -0.25) is 4.79 Å². The molecule has 0 bridgehead atoms. The number of carbonyl (C=O) groups excluding carboxylic acids is 2. The number of ether oxygens (including phenoxy) is 1. The van der Waals surface area contributed by atoms with Crippen LogP contribution >= 0.6 is 34.4 Å². The smallest absolute Gasteiger partial charge is 0.341 e. The van der Waals surface area contributed by atoms with E-state index in [0.29, 0.717) is 21.6 Å². The second-order valence-corrected chi connectivity index (χ2v) is 11.3. The van der Waals surface area contributed by atoms with Crippen LogP contribution in [0.5, 0.6) is 0 Å². The van der Waals surface area contributed by atoms with Gasteiger partial charge in [0.2, 0.25) is 5.91 Å². The van der Waals surface area contributed by atoms with Crippen LogP contribution in [0.3, 0.4) is 0 Å². The highest BCUT2D eigenvalue weighted by molar-refractivity contribution is 7.99. The lowest BCUT2D eigenvalue weighted by molar-refractivity contribution is -0.113. The Morgan fingerprint density at radius 1 is 1.36 bits per heavy atom. The van der Waals surface area contributed by atoms with Crippen molar-refractivity contribution in [3.63, 3.8) is 0 Å². The monoisotopic (exact) mass is 504 g/mol. The standard InChI is InChI=1S/C23H28N4O3S3/c1-5-6-15-10-14(11-31-15)20-25-26-23(27(20)3)32-12-18(28)24-21-19(22(29)30-4)16-8-7-13(2)9-17(16)33-21/h10-11,13H,5-9,12H2,1-4H3,(H,24,28). The summed E-state index contributed by atoms with van der Waals surface area (Å²) in [5.41, 5.74) is 2.60. The largest absolute Gasteiger partial charge is 0.465 e. The normalized spacial score (nSPS) is 15.3. The zero-order valence-electron chi connectivity index (χ0n) is 19.3. The zero-order chi connectivity index (χ0) is 23.5. The fourth-order valence-electron chi connectivity index (χ4n) is 4.02. The van der Waals surface area contributed by atoms with Crippen molar-refractivity contribution in [3.8, 4) is 11.4 Å². The van der Waals surface area contributed by atoms with Crippen molar-refractivity contribution in [3.05, 3.63) is 32.3 Å². The number of carbonyl (C=O) groups is 2. The van der Waals surface area contributed by atoms with Gasteiger partial charge < -0.3 is 14.6 Å². The molecule has 1 aliphatic carbocycles. The van der Waals surface area contributed by atoms with Crippen LogP contribution in [0.2, 0.25) is 0 Å². The van der Waals surface area contributed by atoms with Gasteiger partial charge >= 0.3 is 5.97 Å². The van der Waals surface area contributed by atoms with E-state index < -0.39 is 0 Å². The lowest BCUT2D eigenvalue weighted by Crippen LogP contribution is -2.17. The number of hydrogen-bond donors (Lipinski definition) is 1. The maximum absolute atomic E-state index is 12.8. The van der Waals surface area contributed by atoms with Crippen LogP contribution in [-0.2, 0) is 35.8 Å². The molecule has 0 fully saturated rings. The Kier molecular flexibility index (Phi) is 7.55. The molecule has 176 valence electrons. The fraction of sp³-hybridized carbons (Fsp3) is 0.478. The summed E-state index contributed by atoms with van der Waals surface area (Å²) in [7, 11) is 3.29. The van der Waals surface area contributed by atoms with Crippen molar-refractivity contribution in [2.75, 3.05) is 18.2 Å². The second-order valence-electron chi connectivity index (χ2n) is 8.30. The lowest BCUT2D eigenvalue weighted by Gasteiger charge is -2.18. The Morgan fingerprint density at radius 3 is 2.94 bits per heavy atom. The first kappa shape index (κ1) is 24.0. The third-order valence-electron chi connectivity index (χ3n) is 5.73.